The largest absolute Gasteiger partial charge is 0.444 e. The molecule has 9 nitrogen and oxygen atoms in total. The smallest absolute Gasteiger partial charge is 0.407 e. The van der Waals surface area contributed by atoms with Gasteiger partial charge in [-0.15, -0.1) is 0 Å². The van der Waals surface area contributed by atoms with Gasteiger partial charge in [0, 0.05) is 25.1 Å². The molecule has 1 aromatic heterocycles. The molecule has 33 heavy (non-hydrogen) atoms. The SMILES string of the molecule is CC(C)(C)OC(=O)NCCCCCC(=O)ONC(=O)c1ccc(Cc2ccccc2)[nH]c1=O. The molecule has 9 heteroatoms. The lowest BCUT2D eigenvalue weighted by Crippen LogP contribution is -2.33. The number of carbonyl (C=O) groups is 3. The molecule has 0 radical (unpaired) electrons. The number of hydrogen-bond donors (Lipinski definition) is 3. The van der Waals surface area contributed by atoms with E-state index in [1.165, 1.54) is 6.07 Å². The molecule has 178 valence electrons. The van der Waals surface area contributed by atoms with Crippen molar-refractivity contribution in [2.45, 2.75) is 58.5 Å². The molecule has 0 bridgehead atoms. The van der Waals surface area contributed by atoms with Crippen LogP contribution in [0.4, 0.5) is 4.79 Å². The summed E-state index contributed by atoms with van der Waals surface area (Å²) >= 11 is 0. The van der Waals surface area contributed by atoms with E-state index < -0.39 is 29.1 Å². The highest BCUT2D eigenvalue weighted by Crippen LogP contribution is 2.08. The van der Waals surface area contributed by atoms with Crippen LogP contribution in [0.1, 0.15) is 68.1 Å². The minimum Gasteiger partial charge on any atom is -0.444 e. The summed E-state index contributed by atoms with van der Waals surface area (Å²) in [7, 11) is 0. The number of aromatic amines is 1. The third-order valence-corrected chi connectivity index (χ3v) is 4.44. The number of nitrogens with one attached hydrogen (secondary N) is 3. The number of hydrogen-bond acceptors (Lipinski definition) is 6. The number of ether oxygens (including phenoxy) is 1. The van der Waals surface area contributed by atoms with Crippen molar-refractivity contribution in [3.05, 3.63) is 69.6 Å². The van der Waals surface area contributed by atoms with Crippen LogP contribution in [0.15, 0.2) is 47.3 Å². The van der Waals surface area contributed by atoms with E-state index >= 15 is 0 Å². The molecule has 1 heterocycles. The Labute approximate surface area is 192 Å². The number of benzene rings is 1. The lowest BCUT2D eigenvalue weighted by atomic mass is 10.1. The number of hydroxylamine groups is 1. The summed E-state index contributed by atoms with van der Waals surface area (Å²) in [5.41, 5.74) is 2.46. The summed E-state index contributed by atoms with van der Waals surface area (Å²) in [6.45, 7) is 5.79. The highest BCUT2D eigenvalue weighted by molar-refractivity contribution is 5.93. The molecule has 0 aliphatic rings. The van der Waals surface area contributed by atoms with Gasteiger partial charge in [0.25, 0.3) is 11.5 Å². The van der Waals surface area contributed by atoms with E-state index in [4.69, 9.17) is 9.57 Å². The van der Waals surface area contributed by atoms with E-state index in [0.29, 0.717) is 37.9 Å². The minimum absolute atomic E-state index is 0.0963. The fraction of sp³-hybridized carbons (Fsp3) is 0.417. The maximum absolute atomic E-state index is 12.2. The van der Waals surface area contributed by atoms with E-state index in [1.807, 2.05) is 35.8 Å². The lowest BCUT2D eigenvalue weighted by Gasteiger charge is -2.19. The molecule has 0 fully saturated rings. The second-order valence-electron chi connectivity index (χ2n) is 8.53. The Balaban J connectivity index is 1.66. The van der Waals surface area contributed by atoms with E-state index in [9.17, 15) is 19.2 Å². The van der Waals surface area contributed by atoms with Gasteiger partial charge in [-0.3, -0.25) is 9.59 Å². The number of alkyl carbamates (subject to hydrolysis) is 1. The average Bonchev–Trinajstić information content (AvgIpc) is 2.74. The van der Waals surface area contributed by atoms with Crippen LogP contribution in [0.3, 0.4) is 0 Å². The first-order chi connectivity index (χ1) is 15.6. The van der Waals surface area contributed by atoms with Crippen LogP contribution in [0.2, 0.25) is 0 Å². The quantitative estimate of drug-likeness (QED) is 0.392. The van der Waals surface area contributed by atoms with Gasteiger partial charge in [-0.05, 0) is 51.3 Å². The molecule has 0 unspecified atom stereocenters. The molecule has 0 aliphatic heterocycles. The van der Waals surface area contributed by atoms with Crippen LogP contribution in [-0.4, -0.2) is 35.1 Å². The Morgan fingerprint density at radius 3 is 2.36 bits per heavy atom. The fourth-order valence-corrected chi connectivity index (χ4v) is 2.90. The van der Waals surface area contributed by atoms with Crippen LogP contribution in [0.25, 0.3) is 0 Å². The van der Waals surface area contributed by atoms with Gasteiger partial charge in [-0.1, -0.05) is 36.8 Å². The molecular weight excluding hydrogens is 426 g/mol. The van der Waals surface area contributed by atoms with Gasteiger partial charge in [0.2, 0.25) is 0 Å². The van der Waals surface area contributed by atoms with Crippen LogP contribution in [0.5, 0.6) is 0 Å². The van der Waals surface area contributed by atoms with Gasteiger partial charge < -0.3 is 19.9 Å². The van der Waals surface area contributed by atoms with Gasteiger partial charge in [0.05, 0.1) is 0 Å². The topological polar surface area (TPSA) is 127 Å². The van der Waals surface area contributed by atoms with Gasteiger partial charge >= 0.3 is 12.1 Å². The number of carbonyl (C=O) groups excluding carboxylic acids is 3. The van der Waals surface area contributed by atoms with Crippen molar-refractivity contribution in [3.8, 4) is 0 Å². The average molecular weight is 458 g/mol. The van der Waals surface area contributed by atoms with Crippen molar-refractivity contribution in [2.24, 2.45) is 0 Å². The van der Waals surface area contributed by atoms with Gasteiger partial charge in [0.15, 0.2) is 0 Å². The minimum atomic E-state index is -0.794. The van der Waals surface area contributed by atoms with Crippen molar-refractivity contribution in [1.82, 2.24) is 15.8 Å². The predicted octanol–water partition coefficient (Wildman–Crippen LogP) is 3.24. The standard InChI is InChI=1S/C24H31N3O6/c1-24(2,3)32-23(31)25-15-9-5-8-12-20(28)33-27-22(30)19-14-13-18(26-21(19)29)16-17-10-6-4-7-11-17/h4,6-7,10-11,13-14H,5,8-9,12,15-16H2,1-3H3,(H,25,31)(H,26,29)(H,27,30). The molecule has 0 atom stereocenters. The zero-order valence-corrected chi connectivity index (χ0v) is 19.2. The van der Waals surface area contributed by atoms with Crippen molar-refractivity contribution in [3.63, 3.8) is 0 Å². The molecule has 2 aromatic rings. The second-order valence-corrected chi connectivity index (χ2v) is 8.53. The number of aromatic nitrogens is 1. The number of H-pyrrole nitrogens is 1. The maximum Gasteiger partial charge on any atom is 0.407 e. The van der Waals surface area contributed by atoms with Gasteiger partial charge in [-0.2, -0.15) is 5.48 Å². The first-order valence-corrected chi connectivity index (χ1v) is 10.9. The molecule has 2 amide bonds. The predicted molar refractivity (Wildman–Crippen MR) is 123 cm³/mol. The Morgan fingerprint density at radius 1 is 0.970 bits per heavy atom. The summed E-state index contributed by atoms with van der Waals surface area (Å²) < 4.78 is 5.13. The first kappa shape index (κ1) is 25.6. The fourth-order valence-electron chi connectivity index (χ4n) is 2.90. The Hall–Kier alpha value is -3.62. The number of rotatable bonds is 9. The number of amides is 2. The number of unbranched alkanes of at least 4 members (excludes halogenated alkanes) is 2. The van der Waals surface area contributed by atoms with Gasteiger partial charge in [-0.25, -0.2) is 9.59 Å². The summed E-state index contributed by atoms with van der Waals surface area (Å²) in [6.07, 6.45) is 2.02. The highest BCUT2D eigenvalue weighted by Gasteiger charge is 2.16. The third kappa shape index (κ3) is 10.0. The Morgan fingerprint density at radius 2 is 1.70 bits per heavy atom. The summed E-state index contributed by atoms with van der Waals surface area (Å²) in [5.74, 6) is -1.40. The monoisotopic (exact) mass is 457 g/mol. The molecule has 0 saturated carbocycles. The van der Waals surface area contributed by atoms with Crippen molar-refractivity contribution in [2.75, 3.05) is 6.54 Å². The van der Waals surface area contributed by atoms with E-state index in [1.54, 1.807) is 26.8 Å². The van der Waals surface area contributed by atoms with Crippen molar-refractivity contribution in [1.29, 1.82) is 0 Å². The normalized spacial score (nSPS) is 10.9. The highest BCUT2D eigenvalue weighted by atomic mass is 16.7. The molecule has 0 aliphatic carbocycles. The Bertz CT molecular complexity index is 995. The summed E-state index contributed by atoms with van der Waals surface area (Å²) in [4.78, 5) is 55.1. The number of pyridine rings is 1. The van der Waals surface area contributed by atoms with Crippen molar-refractivity contribution >= 4 is 18.0 Å². The zero-order valence-electron chi connectivity index (χ0n) is 19.2. The molecule has 0 saturated heterocycles. The molecule has 3 N–H and O–H groups in total. The van der Waals surface area contributed by atoms with E-state index in [0.717, 1.165) is 5.56 Å². The molecule has 1 aromatic carbocycles. The molecule has 2 rings (SSSR count). The van der Waals surface area contributed by atoms with E-state index in [-0.39, 0.29) is 12.0 Å². The third-order valence-electron chi connectivity index (χ3n) is 4.44. The maximum atomic E-state index is 12.2. The van der Waals surface area contributed by atoms with E-state index in [2.05, 4.69) is 10.3 Å². The second kappa shape index (κ2) is 12.4. The summed E-state index contributed by atoms with van der Waals surface area (Å²) in [6, 6.07) is 12.7. The first-order valence-electron chi connectivity index (χ1n) is 10.9. The zero-order chi connectivity index (χ0) is 24.3. The van der Waals surface area contributed by atoms with Crippen LogP contribution >= 0.6 is 0 Å². The molecule has 0 spiro atoms. The van der Waals surface area contributed by atoms with Crippen LogP contribution in [-0.2, 0) is 20.8 Å². The van der Waals surface area contributed by atoms with Crippen LogP contribution in [0, 0.1) is 0 Å². The lowest BCUT2D eigenvalue weighted by molar-refractivity contribution is -0.149. The van der Waals surface area contributed by atoms with Crippen LogP contribution < -0.4 is 16.4 Å². The van der Waals surface area contributed by atoms with Crippen molar-refractivity contribution < 1.29 is 24.0 Å². The van der Waals surface area contributed by atoms with Gasteiger partial charge in [0.1, 0.15) is 11.2 Å². The summed E-state index contributed by atoms with van der Waals surface area (Å²) in [5, 5.41) is 2.64. The Kier molecular flexibility index (Phi) is 9.65. The molecular formula is C24H31N3O6.